The number of hydrogen-bond acceptors (Lipinski definition) is 3. The van der Waals surface area contributed by atoms with Crippen LogP contribution in [0.1, 0.15) is 17.5 Å². The van der Waals surface area contributed by atoms with Gasteiger partial charge in [-0.25, -0.2) is 0 Å². The Balaban J connectivity index is 2.24. The Morgan fingerprint density at radius 2 is 1.95 bits per heavy atom. The Hall–Kier alpha value is -1.55. The normalized spacial score (nSPS) is 10.6. The minimum Gasteiger partial charge on any atom is -0.384 e. The number of anilines is 1. The molecule has 1 aromatic carbocycles. The van der Waals surface area contributed by atoms with Gasteiger partial charge in [-0.3, -0.25) is 4.79 Å². The van der Waals surface area contributed by atoms with E-state index in [1.165, 1.54) is 11.1 Å². The summed E-state index contributed by atoms with van der Waals surface area (Å²) in [7, 11) is 3.99. The van der Waals surface area contributed by atoms with E-state index < -0.39 is 0 Å². The second kappa shape index (κ2) is 7.79. The first-order chi connectivity index (χ1) is 8.99. The maximum atomic E-state index is 11.6. The summed E-state index contributed by atoms with van der Waals surface area (Å²) in [5.74, 6) is 0.0964. The highest BCUT2D eigenvalue weighted by atomic mass is 16.1. The second-order valence-corrected chi connectivity index (χ2v) is 5.15. The fraction of sp³-hybridized carbons (Fsp3) is 0.533. The number of likely N-dealkylation sites (N-methyl/N-ethyl adjacent to an activating group) is 1. The molecule has 0 unspecified atom stereocenters. The van der Waals surface area contributed by atoms with E-state index >= 15 is 0 Å². The van der Waals surface area contributed by atoms with Gasteiger partial charge in [0.05, 0.1) is 0 Å². The van der Waals surface area contributed by atoms with Gasteiger partial charge in [-0.15, -0.1) is 0 Å². The van der Waals surface area contributed by atoms with Gasteiger partial charge >= 0.3 is 0 Å². The van der Waals surface area contributed by atoms with Crippen molar-refractivity contribution in [3.63, 3.8) is 0 Å². The van der Waals surface area contributed by atoms with Crippen LogP contribution in [0.3, 0.4) is 0 Å². The molecule has 1 amide bonds. The lowest BCUT2D eigenvalue weighted by Gasteiger charge is -2.12. The minimum absolute atomic E-state index is 0.0964. The number of benzene rings is 1. The molecule has 0 fully saturated rings. The molecule has 0 bridgehead atoms. The first-order valence-electron chi connectivity index (χ1n) is 6.71. The summed E-state index contributed by atoms with van der Waals surface area (Å²) in [6.45, 7) is 6.39. The van der Waals surface area contributed by atoms with Crippen molar-refractivity contribution in [3.8, 4) is 0 Å². The lowest BCUT2D eigenvalue weighted by atomic mass is 10.1. The van der Waals surface area contributed by atoms with Crippen LogP contribution in [-0.4, -0.2) is 44.5 Å². The number of amides is 1. The van der Waals surface area contributed by atoms with Crippen LogP contribution in [0.25, 0.3) is 0 Å². The summed E-state index contributed by atoms with van der Waals surface area (Å²) in [5.41, 5.74) is 3.57. The zero-order chi connectivity index (χ0) is 14.3. The zero-order valence-corrected chi connectivity index (χ0v) is 12.4. The average Bonchev–Trinajstić information content (AvgIpc) is 2.31. The third-order valence-electron chi connectivity index (χ3n) is 2.93. The number of nitrogens with one attached hydrogen (secondary N) is 2. The second-order valence-electron chi connectivity index (χ2n) is 5.15. The van der Waals surface area contributed by atoms with Gasteiger partial charge < -0.3 is 15.5 Å². The van der Waals surface area contributed by atoms with Crippen LogP contribution in [0.2, 0.25) is 0 Å². The first-order valence-corrected chi connectivity index (χ1v) is 6.71. The highest BCUT2D eigenvalue weighted by molar-refractivity contribution is 5.76. The first kappa shape index (κ1) is 15.5. The molecule has 1 aromatic rings. The van der Waals surface area contributed by atoms with Crippen molar-refractivity contribution in [1.82, 2.24) is 10.2 Å². The van der Waals surface area contributed by atoms with E-state index in [0.717, 1.165) is 12.2 Å². The molecule has 0 atom stereocenters. The smallest absolute Gasteiger partial charge is 0.221 e. The Labute approximate surface area is 116 Å². The maximum Gasteiger partial charge on any atom is 0.221 e. The van der Waals surface area contributed by atoms with E-state index in [9.17, 15) is 4.79 Å². The third kappa shape index (κ3) is 6.25. The molecule has 0 saturated heterocycles. The molecule has 0 aliphatic rings. The van der Waals surface area contributed by atoms with Crippen molar-refractivity contribution < 1.29 is 4.79 Å². The topological polar surface area (TPSA) is 44.4 Å². The number of aryl methyl sites for hydroxylation is 2. The zero-order valence-electron chi connectivity index (χ0n) is 12.4. The van der Waals surface area contributed by atoms with Crippen LogP contribution in [0.15, 0.2) is 18.2 Å². The molecule has 0 aromatic heterocycles. The molecule has 0 saturated carbocycles. The van der Waals surface area contributed by atoms with Gasteiger partial charge in [0.25, 0.3) is 0 Å². The quantitative estimate of drug-likeness (QED) is 0.788. The van der Waals surface area contributed by atoms with E-state index in [4.69, 9.17) is 0 Å². The molecular formula is C15H25N3O. The van der Waals surface area contributed by atoms with Crippen molar-refractivity contribution in [2.24, 2.45) is 0 Å². The fourth-order valence-electron chi connectivity index (χ4n) is 1.83. The third-order valence-corrected chi connectivity index (χ3v) is 2.93. The molecular weight excluding hydrogens is 238 g/mol. The number of hydrogen-bond donors (Lipinski definition) is 2. The summed E-state index contributed by atoms with van der Waals surface area (Å²) < 4.78 is 0. The lowest BCUT2D eigenvalue weighted by molar-refractivity contribution is -0.120. The van der Waals surface area contributed by atoms with Gasteiger partial charge in [0, 0.05) is 31.7 Å². The molecule has 4 nitrogen and oxygen atoms in total. The van der Waals surface area contributed by atoms with Crippen LogP contribution in [-0.2, 0) is 4.79 Å². The predicted octanol–water partition coefficient (Wildman–Crippen LogP) is 1.78. The van der Waals surface area contributed by atoms with Crippen LogP contribution in [0.5, 0.6) is 0 Å². The summed E-state index contributed by atoms with van der Waals surface area (Å²) in [6.07, 6.45) is 0.501. The molecule has 0 radical (unpaired) electrons. The highest BCUT2D eigenvalue weighted by Crippen LogP contribution is 2.15. The molecule has 2 N–H and O–H groups in total. The van der Waals surface area contributed by atoms with E-state index in [-0.39, 0.29) is 5.91 Å². The van der Waals surface area contributed by atoms with Crippen molar-refractivity contribution in [2.45, 2.75) is 20.3 Å². The minimum atomic E-state index is 0.0964. The van der Waals surface area contributed by atoms with Crippen molar-refractivity contribution in [1.29, 1.82) is 0 Å². The maximum absolute atomic E-state index is 11.6. The van der Waals surface area contributed by atoms with Crippen molar-refractivity contribution >= 4 is 11.6 Å². The molecule has 0 aliphatic heterocycles. The van der Waals surface area contributed by atoms with Gasteiger partial charge in [0.2, 0.25) is 5.91 Å². The molecule has 1 rings (SSSR count). The molecule has 4 heteroatoms. The van der Waals surface area contributed by atoms with Crippen LogP contribution >= 0.6 is 0 Å². The lowest BCUT2D eigenvalue weighted by Crippen LogP contribution is -2.32. The molecule has 0 aliphatic carbocycles. The summed E-state index contributed by atoms with van der Waals surface area (Å²) >= 11 is 0. The summed E-state index contributed by atoms with van der Waals surface area (Å²) in [5, 5.41) is 6.20. The summed E-state index contributed by atoms with van der Waals surface area (Å²) in [4.78, 5) is 13.6. The van der Waals surface area contributed by atoms with E-state index in [1.54, 1.807) is 0 Å². The van der Waals surface area contributed by atoms with Crippen molar-refractivity contribution in [3.05, 3.63) is 29.3 Å². The number of rotatable bonds is 7. The Morgan fingerprint density at radius 1 is 1.21 bits per heavy atom. The highest BCUT2D eigenvalue weighted by Gasteiger charge is 2.02. The largest absolute Gasteiger partial charge is 0.384 e. The van der Waals surface area contributed by atoms with Gasteiger partial charge in [-0.1, -0.05) is 17.7 Å². The van der Waals surface area contributed by atoms with Gasteiger partial charge in [0.15, 0.2) is 0 Å². The van der Waals surface area contributed by atoms with Gasteiger partial charge in [-0.05, 0) is 39.6 Å². The van der Waals surface area contributed by atoms with Crippen molar-refractivity contribution in [2.75, 3.05) is 39.0 Å². The predicted molar refractivity (Wildman–Crippen MR) is 80.6 cm³/mol. The number of nitrogens with zero attached hydrogens (tertiary/aromatic N) is 1. The van der Waals surface area contributed by atoms with Gasteiger partial charge in [0.1, 0.15) is 0 Å². The van der Waals surface area contributed by atoms with Crippen LogP contribution < -0.4 is 10.6 Å². The summed E-state index contributed by atoms with van der Waals surface area (Å²) in [6, 6.07) is 6.28. The molecule has 19 heavy (non-hydrogen) atoms. The fourth-order valence-corrected chi connectivity index (χ4v) is 1.83. The average molecular weight is 263 g/mol. The molecule has 0 spiro atoms. The Morgan fingerprint density at radius 3 is 2.58 bits per heavy atom. The number of carbonyl (C=O) groups is 1. The standard InChI is InChI=1S/C15H25N3O/c1-12-5-6-14(13(2)11-12)16-8-7-15(19)17-9-10-18(3)4/h5-6,11,16H,7-10H2,1-4H3,(H,17,19). The van der Waals surface area contributed by atoms with Gasteiger partial charge in [-0.2, -0.15) is 0 Å². The van der Waals surface area contributed by atoms with E-state index in [1.807, 2.05) is 19.0 Å². The Bertz CT molecular complexity index is 416. The van der Waals surface area contributed by atoms with Crippen LogP contribution in [0, 0.1) is 13.8 Å². The number of carbonyl (C=O) groups excluding carboxylic acids is 1. The molecule has 0 heterocycles. The monoisotopic (exact) mass is 263 g/mol. The molecule has 106 valence electrons. The van der Waals surface area contributed by atoms with E-state index in [2.05, 4.69) is 42.7 Å². The Kier molecular flexibility index (Phi) is 6.36. The van der Waals surface area contributed by atoms with Crippen LogP contribution in [0.4, 0.5) is 5.69 Å². The van der Waals surface area contributed by atoms with E-state index in [0.29, 0.717) is 19.5 Å². The SMILES string of the molecule is Cc1ccc(NCCC(=O)NCCN(C)C)c(C)c1.